The fraction of sp³-hybridized carbons (Fsp3) is 0.190. The van der Waals surface area contributed by atoms with Crippen LogP contribution in [0.4, 0.5) is 0 Å². The van der Waals surface area contributed by atoms with E-state index in [2.05, 4.69) is 15.6 Å². The monoisotopic (exact) mass is 363 g/mol. The van der Waals surface area contributed by atoms with Crippen LogP contribution in [0.3, 0.4) is 0 Å². The molecule has 2 amide bonds. The maximum Gasteiger partial charge on any atom is 0.287 e. The summed E-state index contributed by atoms with van der Waals surface area (Å²) in [6.07, 6.45) is 1.56. The number of aryl methyl sites for hydroxylation is 2. The van der Waals surface area contributed by atoms with Gasteiger partial charge in [0, 0.05) is 12.7 Å². The van der Waals surface area contributed by atoms with E-state index in [4.69, 9.17) is 4.42 Å². The summed E-state index contributed by atoms with van der Waals surface area (Å²) in [5.41, 5.74) is 2.33. The molecule has 27 heavy (non-hydrogen) atoms. The third-order valence-electron chi connectivity index (χ3n) is 4.11. The molecule has 138 valence electrons. The summed E-state index contributed by atoms with van der Waals surface area (Å²) in [4.78, 5) is 28.8. The third-order valence-corrected chi connectivity index (χ3v) is 4.11. The molecule has 6 nitrogen and oxygen atoms in total. The van der Waals surface area contributed by atoms with Crippen molar-refractivity contribution in [3.63, 3.8) is 0 Å². The van der Waals surface area contributed by atoms with Gasteiger partial charge in [-0.1, -0.05) is 35.9 Å². The summed E-state index contributed by atoms with van der Waals surface area (Å²) >= 11 is 0. The summed E-state index contributed by atoms with van der Waals surface area (Å²) in [6, 6.07) is 15.9. The molecule has 3 aromatic rings. The van der Waals surface area contributed by atoms with E-state index in [1.165, 1.54) is 0 Å². The average molecular weight is 363 g/mol. The van der Waals surface area contributed by atoms with Gasteiger partial charge in [0.2, 0.25) is 0 Å². The van der Waals surface area contributed by atoms with Crippen molar-refractivity contribution in [2.45, 2.75) is 19.9 Å². The first-order chi connectivity index (χ1) is 13.0. The molecule has 0 aliphatic carbocycles. The normalized spacial score (nSPS) is 11.6. The second-order valence-electron chi connectivity index (χ2n) is 6.27. The van der Waals surface area contributed by atoms with Crippen molar-refractivity contribution in [2.75, 3.05) is 6.54 Å². The minimum absolute atomic E-state index is 0.226. The molecule has 0 saturated carbocycles. The Hall–Kier alpha value is -3.41. The highest BCUT2D eigenvalue weighted by atomic mass is 16.3. The van der Waals surface area contributed by atoms with Crippen LogP contribution in [-0.2, 0) is 0 Å². The quantitative estimate of drug-likeness (QED) is 0.704. The van der Waals surface area contributed by atoms with E-state index in [1.807, 2.05) is 31.2 Å². The number of benzene rings is 1. The lowest BCUT2D eigenvalue weighted by atomic mass is 10.0. The van der Waals surface area contributed by atoms with Crippen LogP contribution >= 0.6 is 0 Å². The first-order valence-electron chi connectivity index (χ1n) is 8.66. The summed E-state index contributed by atoms with van der Waals surface area (Å²) in [7, 11) is 0. The van der Waals surface area contributed by atoms with Gasteiger partial charge in [-0.3, -0.25) is 14.6 Å². The molecule has 3 rings (SSSR count). The number of carbonyl (C=O) groups is 2. The lowest BCUT2D eigenvalue weighted by Gasteiger charge is -2.19. The van der Waals surface area contributed by atoms with Crippen molar-refractivity contribution < 1.29 is 14.0 Å². The van der Waals surface area contributed by atoms with Crippen LogP contribution in [0.1, 0.15) is 44.0 Å². The number of furan rings is 1. The Balaban J connectivity index is 1.74. The largest absolute Gasteiger partial charge is 0.456 e. The van der Waals surface area contributed by atoms with Crippen LogP contribution in [0.2, 0.25) is 0 Å². The molecular formula is C21H21N3O3. The Kier molecular flexibility index (Phi) is 5.66. The third kappa shape index (κ3) is 4.82. The highest BCUT2D eigenvalue weighted by molar-refractivity contribution is 5.93. The summed E-state index contributed by atoms with van der Waals surface area (Å²) in [5, 5.41) is 5.75. The van der Waals surface area contributed by atoms with E-state index in [1.54, 1.807) is 43.5 Å². The Morgan fingerprint density at radius 3 is 2.41 bits per heavy atom. The number of hydrogen-bond acceptors (Lipinski definition) is 4. The van der Waals surface area contributed by atoms with Gasteiger partial charge in [-0.25, -0.2) is 0 Å². The van der Waals surface area contributed by atoms with Gasteiger partial charge in [0.1, 0.15) is 11.5 Å². The Morgan fingerprint density at radius 2 is 1.78 bits per heavy atom. The molecule has 0 spiro atoms. The number of hydrogen-bond donors (Lipinski definition) is 2. The van der Waals surface area contributed by atoms with Crippen molar-refractivity contribution >= 4 is 11.8 Å². The smallest absolute Gasteiger partial charge is 0.287 e. The minimum Gasteiger partial charge on any atom is -0.456 e. The first kappa shape index (κ1) is 18.4. The fourth-order valence-corrected chi connectivity index (χ4v) is 2.62. The van der Waals surface area contributed by atoms with Gasteiger partial charge in [-0.15, -0.1) is 0 Å². The van der Waals surface area contributed by atoms with Gasteiger partial charge in [-0.2, -0.15) is 0 Å². The van der Waals surface area contributed by atoms with E-state index in [0.29, 0.717) is 11.5 Å². The number of nitrogens with one attached hydrogen (secondary N) is 2. The van der Waals surface area contributed by atoms with E-state index < -0.39 is 6.04 Å². The molecule has 0 bridgehead atoms. The van der Waals surface area contributed by atoms with Crippen molar-refractivity contribution in [1.29, 1.82) is 0 Å². The number of carbonyl (C=O) groups excluding carboxylic acids is 2. The van der Waals surface area contributed by atoms with Crippen molar-refractivity contribution in [1.82, 2.24) is 15.6 Å². The van der Waals surface area contributed by atoms with Crippen LogP contribution in [-0.4, -0.2) is 23.3 Å². The molecule has 0 saturated heterocycles. The van der Waals surface area contributed by atoms with Gasteiger partial charge in [0.05, 0.1) is 6.04 Å². The molecule has 0 aliphatic rings. The van der Waals surface area contributed by atoms with Crippen molar-refractivity contribution in [3.8, 4) is 0 Å². The van der Waals surface area contributed by atoms with E-state index >= 15 is 0 Å². The van der Waals surface area contributed by atoms with Crippen molar-refractivity contribution in [3.05, 3.63) is 89.1 Å². The number of pyridine rings is 1. The lowest BCUT2D eigenvalue weighted by molar-refractivity contribution is 0.0887. The molecular weight excluding hydrogens is 342 g/mol. The highest BCUT2D eigenvalue weighted by Crippen LogP contribution is 2.15. The number of amides is 2. The predicted octanol–water partition coefficient (Wildman–Crippen LogP) is 3.19. The standard InChI is InChI=1S/C21H21N3O3/c1-14-6-9-16(10-7-14)18(24-21(26)19-11-8-15(2)27-19)13-23-20(25)17-5-3-4-12-22-17/h3-12,18H,13H2,1-2H3,(H,23,25)(H,24,26). The minimum atomic E-state index is -0.406. The number of nitrogens with zero attached hydrogens (tertiary/aromatic N) is 1. The maximum absolute atomic E-state index is 12.5. The fourth-order valence-electron chi connectivity index (χ4n) is 2.62. The van der Waals surface area contributed by atoms with Crippen LogP contribution < -0.4 is 10.6 Å². The molecule has 0 radical (unpaired) electrons. The summed E-state index contributed by atoms with van der Waals surface area (Å²) in [6.45, 7) is 4.00. The molecule has 2 heterocycles. The topological polar surface area (TPSA) is 84.2 Å². The lowest BCUT2D eigenvalue weighted by Crippen LogP contribution is -2.38. The Morgan fingerprint density at radius 1 is 1.00 bits per heavy atom. The van der Waals surface area contributed by atoms with Gasteiger partial charge in [0.15, 0.2) is 5.76 Å². The van der Waals surface area contributed by atoms with Gasteiger partial charge < -0.3 is 15.1 Å². The zero-order chi connectivity index (χ0) is 19.2. The molecule has 1 unspecified atom stereocenters. The predicted molar refractivity (Wildman–Crippen MR) is 101 cm³/mol. The molecule has 2 N–H and O–H groups in total. The molecule has 2 aromatic heterocycles. The molecule has 1 aromatic carbocycles. The summed E-state index contributed by atoms with van der Waals surface area (Å²) < 4.78 is 5.39. The van der Waals surface area contributed by atoms with Crippen molar-refractivity contribution in [2.24, 2.45) is 0 Å². The SMILES string of the molecule is Cc1ccc(C(CNC(=O)c2ccccn2)NC(=O)c2ccc(C)o2)cc1. The zero-order valence-electron chi connectivity index (χ0n) is 15.2. The Bertz CT molecular complexity index is 917. The number of rotatable bonds is 6. The molecule has 0 fully saturated rings. The maximum atomic E-state index is 12.5. The first-order valence-corrected chi connectivity index (χ1v) is 8.66. The van der Waals surface area contributed by atoms with Gasteiger partial charge in [-0.05, 0) is 43.7 Å². The summed E-state index contributed by atoms with van der Waals surface area (Å²) in [5.74, 6) is 0.271. The molecule has 6 heteroatoms. The zero-order valence-corrected chi connectivity index (χ0v) is 15.2. The average Bonchev–Trinajstić information content (AvgIpc) is 3.12. The van der Waals surface area contributed by atoms with Crippen LogP contribution in [0.15, 0.2) is 65.2 Å². The van der Waals surface area contributed by atoms with E-state index in [-0.39, 0.29) is 24.1 Å². The molecule has 1 atom stereocenters. The van der Waals surface area contributed by atoms with Gasteiger partial charge >= 0.3 is 0 Å². The van der Waals surface area contributed by atoms with Crippen LogP contribution in [0.25, 0.3) is 0 Å². The van der Waals surface area contributed by atoms with E-state index in [9.17, 15) is 9.59 Å². The molecule has 0 aliphatic heterocycles. The second-order valence-corrected chi connectivity index (χ2v) is 6.27. The number of aromatic nitrogens is 1. The second kappa shape index (κ2) is 8.31. The Labute approximate surface area is 157 Å². The van der Waals surface area contributed by atoms with Gasteiger partial charge in [0.25, 0.3) is 11.8 Å². The van der Waals surface area contributed by atoms with Crippen LogP contribution in [0.5, 0.6) is 0 Å². The van der Waals surface area contributed by atoms with Crippen LogP contribution in [0, 0.1) is 13.8 Å². The highest BCUT2D eigenvalue weighted by Gasteiger charge is 2.19. The van der Waals surface area contributed by atoms with E-state index in [0.717, 1.165) is 11.1 Å².